The van der Waals surface area contributed by atoms with Crippen LogP contribution in [0.1, 0.15) is 15.9 Å². The summed E-state index contributed by atoms with van der Waals surface area (Å²) in [6, 6.07) is 6.29. The van der Waals surface area contributed by atoms with Crippen molar-refractivity contribution >= 4 is 11.6 Å². The smallest absolute Gasteiger partial charge is 0.269 e. The summed E-state index contributed by atoms with van der Waals surface area (Å²) in [7, 11) is 4.28. The lowest BCUT2D eigenvalue weighted by molar-refractivity contribution is -0.385. The van der Waals surface area contributed by atoms with Crippen LogP contribution in [0, 0.1) is 10.1 Å². The van der Waals surface area contributed by atoms with Gasteiger partial charge in [-0.15, -0.1) is 5.75 Å². The minimum Gasteiger partial charge on any atom is -0.872 e. The van der Waals surface area contributed by atoms with E-state index in [2.05, 4.69) is 5.32 Å². The van der Waals surface area contributed by atoms with E-state index in [1.54, 1.807) is 0 Å². The summed E-state index contributed by atoms with van der Waals surface area (Å²) in [5, 5.41) is 25.2. The van der Waals surface area contributed by atoms with Crippen LogP contribution >= 0.6 is 0 Å². The van der Waals surface area contributed by atoms with E-state index >= 15 is 0 Å². The molecule has 138 valence electrons. The Labute approximate surface area is 149 Å². The third kappa shape index (κ3) is 3.94. The SMILES string of the molecule is COc1cc(OC)c(C(=O)NCc2cc([N+](=O)[O-])ccc2[O-])cc1OC. The molecule has 2 aromatic carbocycles. The molecule has 0 radical (unpaired) electrons. The van der Waals surface area contributed by atoms with Gasteiger partial charge in [-0.1, -0.05) is 6.07 Å². The van der Waals surface area contributed by atoms with Crippen LogP contribution in [0.3, 0.4) is 0 Å². The number of nitro groups is 1. The zero-order valence-corrected chi connectivity index (χ0v) is 14.4. The van der Waals surface area contributed by atoms with Crippen LogP contribution in [0.5, 0.6) is 23.0 Å². The van der Waals surface area contributed by atoms with Crippen molar-refractivity contribution in [1.29, 1.82) is 0 Å². The van der Waals surface area contributed by atoms with Gasteiger partial charge >= 0.3 is 0 Å². The van der Waals surface area contributed by atoms with Gasteiger partial charge in [0.05, 0.1) is 31.8 Å². The van der Waals surface area contributed by atoms with Crippen molar-refractivity contribution in [3.8, 4) is 23.0 Å². The van der Waals surface area contributed by atoms with Crippen LogP contribution in [-0.4, -0.2) is 32.2 Å². The number of hydrogen-bond donors (Lipinski definition) is 1. The van der Waals surface area contributed by atoms with Crippen molar-refractivity contribution in [1.82, 2.24) is 5.32 Å². The predicted molar refractivity (Wildman–Crippen MR) is 89.8 cm³/mol. The van der Waals surface area contributed by atoms with E-state index in [1.807, 2.05) is 0 Å². The Kier molecular flexibility index (Phi) is 5.84. The minimum absolute atomic E-state index is 0.104. The van der Waals surface area contributed by atoms with Crippen molar-refractivity contribution < 1.29 is 29.0 Å². The quantitative estimate of drug-likeness (QED) is 0.587. The third-order valence-corrected chi connectivity index (χ3v) is 3.64. The zero-order chi connectivity index (χ0) is 19.3. The fourth-order valence-electron chi connectivity index (χ4n) is 2.29. The van der Waals surface area contributed by atoms with Gasteiger partial charge in [0.15, 0.2) is 11.5 Å². The number of ether oxygens (including phenoxy) is 3. The Balaban J connectivity index is 2.25. The highest BCUT2D eigenvalue weighted by atomic mass is 16.6. The topological polar surface area (TPSA) is 123 Å². The van der Waals surface area contributed by atoms with E-state index < -0.39 is 16.6 Å². The molecular formula is C17H17N2O7-. The number of methoxy groups -OCH3 is 3. The lowest BCUT2D eigenvalue weighted by atomic mass is 10.1. The number of amides is 1. The molecule has 9 nitrogen and oxygen atoms in total. The fraction of sp³-hybridized carbons (Fsp3) is 0.235. The number of carbonyl (C=O) groups is 1. The largest absolute Gasteiger partial charge is 0.872 e. The maximum absolute atomic E-state index is 12.5. The van der Waals surface area contributed by atoms with Gasteiger partial charge in [-0.05, 0) is 5.56 Å². The third-order valence-electron chi connectivity index (χ3n) is 3.64. The number of rotatable bonds is 7. The average molecular weight is 361 g/mol. The molecule has 9 heteroatoms. The van der Waals surface area contributed by atoms with Crippen molar-refractivity contribution in [3.63, 3.8) is 0 Å². The molecule has 0 atom stereocenters. The summed E-state index contributed by atoms with van der Waals surface area (Å²) in [6.45, 7) is -0.170. The van der Waals surface area contributed by atoms with E-state index in [9.17, 15) is 20.0 Å². The highest BCUT2D eigenvalue weighted by Gasteiger charge is 2.18. The molecule has 2 aromatic rings. The highest BCUT2D eigenvalue weighted by molar-refractivity contribution is 5.97. The molecule has 0 spiro atoms. The van der Waals surface area contributed by atoms with Gasteiger partial charge in [-0.25, -0.2) is 0 Å². The summed E-state index contributed by atoms with van der Waals surface area (Å²) >= 11 is 0. The second-order valence-corrected chi connectivity index (χ2v) is 5.14. The summed E-state index contributed by atoms with van der Waals surface area (Å²) in [6.07, 6.45) is 0. The zero-order valence-electron chi connectivity index (χ0n) is 14.4. The monoisotopic (exact) mass is 361 g/mol. The van der Waals surface area contributed by atoms with Crippen LogP contribution in [-0.2, 0) is 6.54 Å². The molecule has 0 aliphatic carbocycles. The molecule has 0 heterocycles. The number of hydrogen-bond acceptors (Lipinski definition) is 7. The number of nitrogens with zero attached hydrogens (tertiary/aromatic N) is 1. The van der Waals surface area contributed by atoms with Crippen LogP contribution in [0.4, 0.5) is 5.69 Å². The molecule has 1 amide bonds. The first-order valence-electron chi connectivity index (χ1n) is 7.43. The number of nitrogens with one attached hydrogen (secondary N) is 1. The highest BCUT2D eigenvalue weighted by Crippen LogP contribution is 2.34. The maximum Gasteiger partial charge on any atom is 0.269 e. The second-order valence-electron chi connectivity index (χ2n) is 5.14. The van der Waals surface area contributed by atoms with Gasteiger partial charge in [0.25, 0.3) is 11.6 Å². The number of nitro benzene ring substituents is 1. The van der Waals surface area contributed by atoms with Gasteiger partial charge in [0.1, 0.15) is 5.75 Å². The van der Waals surface area contributed by atoms with E-state index in [0.29, 0.717) is 11.5 Å². The Morgan fingerprint density at radius 3 is 2.23 bits per heavy atom. The van der Waals surface area contributed by atoms with E-state index in [4.69, 9.17) is 14.2 Å². The number of carbonyl (C=O) groups excluding carboxylic acids is 1. The van der Waals surface area contributed by atoms with Crippen LogP contribution in [0.15, 0.2) is 30.3 Å². The van der Waals surface area contributed by atoms with Gasteiger partial charge in [0, 0.05) is 30.8 Å². The Bertz CT molecular complexity index is 836. The predicted octanol–water partition coefficient (Wildman–Crippen LogP) is 1.62. The lowest BCUT2D eigenvalue weighted by Gasteiger charge is -2.16. The van der Waals surface area contributed by atoms with E-state index in [1.165, 1.54) is 33.5 Å². The molecule has 0 saturated carbocycles. The fourth-order valence-corrected chi connectivity index (χ4v) is 2.29. The molecule has 2 rings (SSSR count). The molecule has 1 N–H and O–H groups in total. The lowest BCUT2D eigenvalue weighted by Crippen LogP contribution is -2.24. The van der Waals surface area contributed by atoms with Crippen molar-refractivity contribution in [2.45, 2.75) is 6.54 Å². The molecule has 0 aliphatic rings. The van der Waals surface area contributed by atoms with Crippen molar-refractivity contribution in [3.05, 3.63) is 51.6 Å². The molecule has 0 fully saturated rings. The maximum atomic E-state index is 12.5. The standard InChI is InChI=1S/C17H18N2O7/c1-24-14-8-16(26-3)15(25-2)7-12(14)17(21)18-9-10-6-11(19(22)23)4-5-13(10)20/h4-8,20H,9H2,1-3H3,(H,18,21)/p-1. The number of non-ortho nitro benzene ring substituents is 1. The first-order valence-corrected chi connectivity index (χ1v) is 7.43. The Morgan fingerprint density at radius 2 is 1.65 bits per heavy atom. The van der Waals surface area contributed by atoms with E-state index in [-0.39, 0.29) is 29.1 Å². The number of benzene rings is 2. The Morgan fingerprint density at radius 1 is 1.04 bits per heavy atom. The summed E-state index contributed by atoms with van der Waals surface area (Å²) in [5.74, 6) is 0.0326. The first kappa shape index (κ1) is 18.8. The van der Waals surface area contributed by atoms with Gasteiger partial charge < -0.3 is 24.6 Å². The Hall–Kier alpha value is -3.49. The molecule has 0 unspecified atom stereocenters. The molecule has 0 bridgehead atoms. The van der Waals surface area contributed by atoms with Crippen molar-refractivity contribution in [2.75, 3.05) is 21.3 Å². The molecular weight excluding hydrogens is 344 g/mol. The first-order chi connectivity index (χ1) is 12.4. The van der Waals surface area contributed by atoms with Crippen LogP contribution < -0.4 is 24.6 Å². The normalized spacial score (nSPS) is 10.1. The van der Waals surface area contributed by atoms with Crippen LogP contribution in [0.2, 0.25) is 0 Å². The second kappa shape index (κ2) is 8.06. The van der Waals surface area contributed by atoms with Gasteiger partial charge in [-0.3, -0.25) is 14.9 Å². The van der Waals surface area contributed by atoms with Crippen LogP contribution in [0.25, 0.3) is 0 Å². The summed E-state index contributed by atoms with van der Waals surface area (Å²) in [5.41, 5.74) is 0.0487. The molecule has 0 aliphatic heterocycles. The summed E-state index contributed by atoms with van der Waals surface area (Å²) < 4.78 is 15.5. The van der Waals surface area contributed by atoms with Gasteiger partial charge in [0.2, 0.25) is 0 Å². The van der Waals surface area contributed by atoms with Gasteiger partial charge in [-0.2, -0.15) is 0 Å². The molecule has 0 aromatic heterocycles. The van der Waals surface area contributed by atoms with Crippen molar-refractivity contribution in [2.24, 2.45) is 0 Å². The minimum atomic E-state index is -0.609. The van der Waals surface area contributed by atoms with E-state index in [0.717, 1.165) is 18.2 Å². The molecule has 0 saturated heterocycles. The average Bonchev–Trinajstić information content (AvgIpc) is 2.65. The summed E-state index contributed by atoms with van der Waals surface area (Å²) in [4.78, 5) is 22.7. The molecule has 26 heavy (non-hydrogen) atoms.